The van der Waals surface area contributed by atoms with Crippen molar-refractivity contribution in [2.45, 2.75) is 25.3 Å². The number of alkyl halides is 1. The Morgan fingerprint density at radius 3 is 2.15 bits per heavy atom. The largest absolute Gasteiger partial charge is 0.479 e. The Balaban J connectivity index is 2.16. The minimum absolute atomic E-state index is 0.0379. The molecule has 1 aliphatic rings. The molecule has 13 heavy (non-hydrogen) atoms. The fourth-order valence-electron chi connectivity index (χ4n) is 1.45. The van der Waals surface area contributed by atoms with Gasteiger partial charge in [-0.25, -0.2) is 4.39 Å². The number of likely N-dealkylation sites (tertiary alicyclic amines) is 1. The standard InChI is InChI=1S/C7H13BF4N/c9-7-1-4-13(5-2-7)6-3-8(10,11)12/h7H,1-6H2/q-1. The maximum atomic E-state index is 12.6. The third-order valence-corrected chi connectivity index (χ3v) is 2.29. The van der Waals surface area contributed by atoms with E-state index in [4.69, 9.17) is 0 Å². The summed E-state index contributed by atoms with van der Waals surface area (Å²) in [7, 11) is 0. The van der Waals surface area contributed by atoms with Gasteiger partial charge < -0.3 is 17.8 Å². The smallest absolute Gasteiger partial charge is 0.449 e. The molecule has 0 aliphatic carbocycles. The summed E-state index contributed by atoms with van der Waals surface area (Å²) >= 11 is 0. The fourth-order valence-corrected chi connectivity index (χ4v) is 1.45. The van der Waals surface area contributed by atoms with E-state index in [2.05, 4.69) is 0 Å². The first-order chi connectivity index (χ1) is 5.97. The van der Waals surface area contributed by atoms with Crippen LogP contribution in [0.4, 0.5) is 17.3 Å². The van der Waals surface area contributed by atoms with Crippen molar-refractivity contribution in [2.24, 2.45) is 0 Å². The Labute approximate surface area is 75.2 Å². The molecule has 1 rings (SSSR count). The summed E-state index contributed by atoms with van der Waals surface area (Å²) < 4.78 is 48.1. The van der Waals surface area contributed by atoms with Crippen molar-refractivity contribution in [1.82, 2.24) is 4.90 Å². The Bertz CT molecular complexity index is 153. The van der Waals surface area contributed by atoms with E-state index in [0.717, 1.165) is 0 Å². The lowest BCUT2D eigenvalue weighted by Gasteiger charge is -2.30. The molecule has 0 aromatic heterocycles. The molecule has 1 saturated heterocycles. The van der Waals surface area contributed by atoms with Gasteiger partial charge in [-0.05, 0) is 19.4 Å². The Hall–Kier alpha value is -0.255. The van der Waals surface area contributed by atoms with E-state index in [1.165, 1.54) is 0 Å². The van der Waals surface area contributed by atoms with E-state index >= 15 is 0 Å². The topological polar surface area (TPSA) is 3.24 Å². The molecule has 0 N–H and O–H groups in total. The van der Waals surface area contributed by atoms with Crippen LogP contribution in [0.2, 0.25) is 6.32 Å². The summed E-state index contributed by atoms with van der Waals surface area (Å²) in [4.78, 5) is 1.69. The van der Waals surface area contributed by atoms with Crippen LogP contribution < -0.4 is 0 Å². The number of hydrogen-bond donors (Lipinski definition) is 0. The van der Waals surface area contributed by atoms with Gasteiger partial charge in [0, 0.05) is 13.1 Å². The van der Waals surface area contributed by atoms with E-state index in [0.29, 0.717) is 25.9 Å². The van der Waals surface area contributed by atoms with Crippen molar-refractivity contribution in [1.29, 1.82) is 0 Å². The van der Waals surface area contributed by atoms with Crippen molar-refractivity contribution >= 4 is 6.98 Å². The second-order valence-electron chi connectivity index (χ2n) is 3.52. The summed E-state index contributed by atoms with van der Waals surface area (Å²) in [6, 6.07) is 0. The fraction of sp³-hybridized carbons (Fsp3) is 1.00. The van der Waals surface area contributed by atoms with Crippen LogP contribution in [0.15, 0.2) is 0 Å². The van der Waals surface area contributed by atoms with Crippen molar-refractivity contribution in [2.75, 3.05) is 19.6 Å². The minimum atomic E-state index is -4.68. The summed E-state index contributed by atoms with van der Waals surface area (Å²) in [6.07, 6.45) is -0.778. The quantitative estimate of drug-likeness (QED) is 0.496. The zero-order valence-electron chi connectivity index (χ0n) is 7.36. The highest BCUT2D eigenvalue weighted by molar-refractivity contribution is 6.58. The van der Waals surface area contributed by atoms with Crippen LogP contribution in [0.25, 0.3) is 0 Å². The van der Waals surface area contributed by atoms with E-state index in [9.17, 15) is 17.3 Å². The number of rotatable bonds is 3. The van der Waals surface area contributed by atoms with Gasteiger partial charge in [-0.2, -0.15) is 0 Å². The van der Waals surface area contributed by atoms with E-state index < -0.39 is 19.5 Å². The molecule has 0 unspecified atom stereocenters. The molecule has 0 spiro atoms. The van der Waals surface area contributed by atoms with Crippen molar-refractivity contribution in [3.8, 4) is 0 Å². The Morgan fingerprint density at radius 2 is 1.69 bits per heavy atom. The highest BCUT2D eigenvalue weighted by Gasteiger charge is 2.25. The van der Waals surface area contributed by atoms with Gasteiger partial charge in [0.2, 0.25) is 0 Å². The maximum Gasteiger partial charge on any atom is 0.479 e. The van der Waals surface area contributed by atoms with Crippen LogP contribution in [-0.2, 0) is 0 Å². The zero-order chi connectivity index (χ0) is 9.90. The van der Waals surface area contributed by atoms with Gasteiger partial charge in [-0.15, -0.1) is 0 Å². The lowest BCUT2D eigenvalue weighted by Crippen LogP contribution is -2.37. The lowest BCUT2D eigenvalue weighted by atomic mass is 9.86. The van der Waals surface area contributed by atoms with Crippen LogP contribution in [0.3, 0.4) is 0 Å². The van der Waals surface area contributed by atoms with Gasteiger partial charge in [0.15, 0.2) is 0 Å². The molecule has 78 valence electrons. The molecule has 0 bridgehead atoms. The second kappa shape index (κ2) is 4.31. The molecule has 1 aliphatic heterocycles. The van der Waals surface area contributed by atoms with Gasteiger partial charge in [0.05, 0.1) is 0 Å². The molecule has 6 heteroatoms. The van der Waals surface area contributed by atoms with Gasteiger partial charge in [-0.3, -0.25) is 0 Å². The molecule has 0 saturated carbocycles. The maximum absolute atomic E-state index is 12.6. The first-order valence-electron chi connectivity index (χ1n) is 4.55. The van der Waals surface area contributed by atoms with Crippen LogP contribution in [0, 0.1) is 0 Å². The predicted octanol–water partition coefficient (Wildman–Crippen LogP) is 2.27. The SMILES string of the molecule is FC1CCN(CC[B-](F)(F)F)CC1. The zero-order valence-corrected chi connectivity index (χ0v) is 7.36. The second-order valence-corrected chi connectivity index (χ2v) is 3.52. The van der Waals surface area contributed by atoms with Crippen LogP contribution in [0.1, 0.15) is 12.8 Å². The highest BCUT2D eigenvalue weighted by atomic mass is 19.4. The Kier molecular flexibility index (Phi) is 3.59. The average molecular weight is 198 g/mol. The number of hydrogen-bond acceptors (Lipinski definition) is 1. The molecular formula is C7H13BF4N-. The molecule has 0 radical (unpaired) electrons. The molecule has 0 aromatic carbocycles. The van der Waals surface area contributed by atoms with E-state index in [1.54, 1.807) is 4.90 Å². The highest BCUT2D eigenvalue weighted by Crippen LogP contribution is 2.18. The molecular weight excluding hydrogens is 185 g/mol. The van der Waals surface area contributed by atoms with Gasteiger partial charge in [0.1, 0.15) is 6.17 Å². The predicted molar refractivity (Wildman–Crippen MR) is 44.5 cm³/mol. The summed E-state index contributed by atoms with van der Waals surface area (Å²) in [5, 5.41) is 0. The van der Waals surface area contributed by atoms with Crippen molar-refractivity contribution < 1.29 is 17.3 Å². The third kappa shape index (κ3) is 4.50. The third-order valence-electron chi connectivity index (χ3n) is 2.29. The normalized spacial score (nSPS) is 22.2. The van der Waals surface area contributed by atoms with E-state index in [-0.39, 0.29) is 6.54 Å². The van der Waals surface area contributed by atoms with Crippen molar-refractivity contribution in [3.63, 3.8) is 0 Å². The number of nitrogens with zero attached hydrogens (tertiary/aromatic N) is 1. The summed E-state index contributed by atoms with van der Waals surface area (Å²) in [6.45, 7) is -3.71. The summed E-state index contributed by atoms with van der Waals surface area (Å²) in [5.41, 5.74) is 0. The molecule has 0 aromatic rings. The average Bonchev–Trinajstić information content (AvgIpc) is 2.02. The van der Waals surface area contributed by atoms with Crippen LogP contribution in [-0.4, -0.2) is 37.7 Å². The first-order valence-corrected chi connectivity index (χ1v) is 4.55. The first kappa shape index (κ1) is 10.8. The number of piperidine rings is 1. The monoisotopic (exact) mass is 198 g/mol. The molecule has 0 amide bonds. The van der Waals surface area contributed by atoms with Gasteiger partial charge >= 0.3 is 6.98 Å². The van der Waals surface area contributed by atoms with Crippen molar-refractivity contribution in [3.05, 3.63) is 0 Å². The van der Waals surface area contributed by atoms with Crippen LogP contribution in [0.5, 0.6) is 0 Å². The van der Waals surface area contributed by atoms with Gasteiger partial charge in [0.25, 0.3) is 0 Å². The molecule has 1 nitrogen and oxygen atoms in total. The van der Waals surface area contributed by atoms with Crippen LogP contribution >= 0.6 is 0 Å². The summed E-state index contributed by atoms with van der Waals surface area (Å²) in [5.74, 6) is 0. The number of halogens is 4. The lowest BCUT2D eigenvalue weighted by molar-refractivity contribution is 0.154. The minimum Gasteiger partial charge on any atom is -0.449 e. The Morgan fingerprint density at radius 1 is 1.15 bits per heavy atom. The van der Waals surface area contributed by atoms with Gasteiger partial charge in [-0.1, -0.05) is 6.32 Å². The molecule has 1 fully saturated rings. The van der Waals surface area contributed by atoms with E-state index in [1.807, 2.05) is 0 Å². The molecule has 0 atom stereocenters. The molecule has 1 heterocycles.